The molecule has 0 saturated heterocycles. The van der Waals surface area contributed by atoms with Crippen LogP contribution in [0.2, 0.25) is 0 Å². The van der Waals surface area contributed by atoms with E-state index in [-0.39, 0.29) is 2.85 Å². The van der Waals surface area contributed by atoms with Gasteiger partial charge in [-0.1, -0.05) is 35.9 Å². The lowest BCUT2D eigenvalue weighted by molar-refractivity contribution is 1.40. The van der Waals surface area contributed by atoms with Crippen LogP contribution in [0.25, 0.3) is 0 Å². The summed E-state index contributed by atoms with van der Waals surface area (Å²) in [6.45, 7) is 0. The summed E-state index contributed by atoms with van der Waals surface area (Å²) >= 11 is 0. The summed E-state index contributed by atoms with van der Waals surface area (Å²) in [4.78, 5) is 0. The standard InChI is InChI=1S/C7H10Si/c8-6-7-4-2-1-3-5-7/h1-5H,6H2,8H3/p+2. The fourth-order valence-corrected chi connectivity index (χ4v) is 1.19. The zero-order valence-electron chi connectivity index (χ0n) is 7.09. The number of benzene rings is 1. The predicted molar refractivity (Wildman–Crippen MR) is 42.3 cm³/mol. The Hall–Kier alpha value is -0.563. The first-order chi connectivity index (χ1) is 3.93. The fourth-order valence-electron chi connectivity index (χ4n) is 0.714. The summed E-state index contributed by atoms with van der Waals surface area (Å²) in [5.74, 6) is 0. The second-order valence-corrected chi connectivity index (χ2v) is 2.55. The summed E-state index contributed by atoms with van der Waals surface area (Å²) in [5.41, 5.74) is 1.47. The molecule has 0 spiro atoms. The maximum absolute atomic E-state index is 2.17. The molecule has 0 unspecified atom stereocenters. The maximum Gasteiger partial charge on any atom is 1.00 e. The van der Waals surface area contributed by atoms with Crippen molar-refractivity contribution in [3.05, 3.63) is 35.9 Å². The van der Waals surface area contributed by atoms with E-state index in [9.17, 15) is 0 Å². The molecule has 0 atom stereocenters. The zero-order valence-corrected chi connectivity index (χ0v) is 7.09. The van der Waals surface area contributed by atoms with E-state index in [0.29, 0.717) is 0 Å². The Balaban J connectivity index is 0. The summed E-state index contributed by atoms with van der Waals surface area (Å²) in [7, 11) is 1.28. The van der Waals surface area contributed by atoms with Crippen LogP contribution in [0, 0.1) is 0 Å². The van der Waals surface area contributed by atoms with Gasteiger partial charge in [0, 0.05) is 10.2 Å². The minimum Gasteiger partial charge on any atom is -0.0622 e. The Morgan fingerprint density at radius 3 is 2.25 bits per heavy atom. The van der Waals surface area contributed by atoms with Crippen molar-refractivity contribution in [3.8, 4) is 0 Å². The van der Waals surface area contributed by atoms with Crippen molar-refractivity contribution in [2.24, 2.45) is 0 Å². The van der Waals surface area contributed by atoms with Crippen LogP contribution < -0.4 is 0 Å². The topological polar surface area (TPSA) is 0 Å². The van der Waals surface area contributed by atoms with E-state index in [0.717, 1.165) is 0 Å². The quantitative estimate of drug-likeness (QED) is 0.485. The second kappa shape index (κ2) is 2.67. The first-order valence-corrected chi connectivity index (χ1v) is 4.39. The molecule has 1 heteroatoms. The van der Waals surface area contributed by atoms with E-state index < -0.39 is 0 Å². The van der Waals surface area contributed by atoms with E-state index in [1.807, 2.05) is 0 Å². The molecule has 0 bridgehead atoms. The van der Waals surface area contributed by atoms with Gasteiger partial charge >= 0.3 is 2.85 Å². The molecule has 0 heterocycles. The third kappa shape index (κ3) is 1.20. The molecule has 0 aromatic heterocycles. The Morgan fingerprint density at radius 2 is 1.88 bits per heavy atom. The van der Waals surface area contributed by atoms with Gasteiger partial charge in [0.05, 0.1) is 0 Å². The molecule has 0 nitrogen and oxygen atoms in total. The van der Waals surface area contributed by atoms with Gasteiger partial charge in [-0.05, 0) is 6.04 Å². The Morgan fingerprint density at radius 1 is 1.25 bits per heavy atom. The van der Waals surface area contributed by atoms with Gasteiger partial charge in [-0.3, -0.25) is 0 Å². The minimum absolute atomic E-state index is 0. The van der Waals surface area contributed by atoms with Gasteiger partial charge in [0.15, 0.2) is 0 Å². The molecule has 0 aliphatic carbocycles. The largest absolute Gasteiger partial charge is 1.00 e. The first kappa shape index (κ1) is 5.57. The highest BCUT2D eigenvalue weighted by molar-refractivity contribution is 6.08. The molecular formula is C7H12Si+2. The number of rotatable bonds is 1. The van der Waals surface area contributed by atoms with Gasteiger partial charge in [0.1, 0.15) is 0 Å². The van der Waals surface area contributed by atoms with Crippen LogP contribution >= 0.6 is 0 Å². The molecule has 0 amide bonds. The van der Waals surface area contributed by atoms with Crippen LogP contribution in [0.3, 0.4) is 0 Å². The van der Waals surface area contributed by atoms with E-state index in [2.05, 4.69) is 30.3 Å². The third-order valence-corrected chi connectivity index (χ3v) is 2.07. The van der Waals surface area contributed by atoms with Crippen LogP contribution in [-0.4, -0.2) is 10.2 Å². The van der Waals surface area contributed by atoms with Crippen LogP contribution in [0.1, 0.15) is 8.42 Å². The molecule has 0 aliphatic rings. The van der Waals surface area contributed by atoms with Crippen LogP contribution in [0.15, 0.2) is 30.3 Å². The van der Waals surface area contributed by atoms with Crippen LogP contribution in [-0.2, 0) is 6.04 Å². The molecule has 0 aliphatic heterocycles. The Labute approximate surface area is 55.9 Å². The highest BCUT2D eigenvalue weighted by atomic mass is 28.1. The average molecular weight is 124 g/mol. The van der Waals surface area contributed by atoms with Crippen molar-refractivity contribution >= 4 is 10.2 Å². The van der Waals surface area contributed by atoms with Crippen molar-refractivity contribution in [3.63, 3.8) is 0 Å². The number of hydrogen-bond acceptors (Lipinski definition) is 0. The highest BCUT2D eigenvalue weighted by Crippen LogP contribution is 1.95. The van der Waals surface area contributed by atoms with Crippen LogP contribution in [0.4, 0.5) is 0 Å². The Bertz CT molecular complexity index is 153. The van der Waals surface area contributed by atoms with Gasteiger partial charge in [-0.15, -0.1) is 0 Å². The molecule has 0 radical (unpaired) electrons. The Kier molecular flexibility index (Phi) is 1.86. The third-order valence-electron chi connectivity index (χ3n) is 1.25. The van der Waals surface area contributed by atoms with Crippen molar-refractivity contribution in [1.29, 1.82) is 0 Å². The van der Waals surface area contributed by atoms with E-state index in [1.165, 1.54) is 21.9 Å². The summed E-state index contributed by atoms with van der Waals surface area (Å²) < 4.78 is 0. The second-order valence-electron chi connectivity index (χ2n) is 1.84. The van der Waals surface area contributed by atoms with Crippen molar-refractivity contribution < 1.29 is 2.85 Å². The highest BCUT2D eigenvalue weighted by Gasteiger charge is 1.80. The van der Waals surface area contributed by atoms with Gasteiger partial charge in [0.2, 0.25) is 0 Å². The molecule has 1 aromatic rings. The molecule has 0 saturated carbocycles. The van der Waals surface area contributed by atoms with E-state index in [4.69, 9.17) is 0 Å². The lowest BCUT2D eigenvalue weighted by Crippen LogP contribution is -1.78. The maximum atomic E-state index is 2.17. The summed E-state index contributed by atoms with van der Waals surface area (Å²) in [6, 6.07) is 11.9. The van der Waals surface area contributed by atoms with Gasteiger partial charge in [-0.2, -0.15) is 0 Å². The van der Waals surface area contributed by atoms with Crippen molar-refractivity contribution in [2.75, 3.05) is 0 Å². The van der Waals surface area contributed by atoms with Gasteiger partial charge in [-0.25, -0.2) is 0 Å². The average Bonchev–Trinajstić information content (AvgIpc) is 1.90. The van der Waals surface area contributed by atoms with E-state index >= 15 is 0 Å². The SMILES string of the molecule is [H+].[H+].[SiH3]Cc1ccccc1. The number of hydrogen-bond donors (Lipinski definition) is 0. The molecular weight excluding hydrogens is 112 g/mol. The lowest BCUT2D eigenvalue weighted by Gasteiger charge is -1.89. The first-order valence-electron chi connectivity index (χ1n) is 2.97. The van der Waals surface area contributed by atoms with Gasteiger partial charge < -0.3 is 0 Å². The normalized spacial score (nSPS) is 9.50. The lowest BCUT2D eigenvalue weighted by atomic mass is 10.2. The zero-order chi connectivity index (χ0) is 5.82. The molecule has 0 fully saturated rings. The molecule has 8 heavy (non-hydrogen) atoms. The predicted octanol–water partition coefficient (Wildman–Crippen LogP) is 0.777. The molecule has 0 N–H and O–H groups in total. The minimum atomic E-state index is 0. The summed E-state index contributed by atoms with van der Waals surface area (Å²) in [5, 5.41) is 0. The van der Waals surface area contributed by atoms with E-state index in [1.54, 1.807) is 0 Å². The fraction of sp³-hybridized carbons (Fsp3) is 0.143. The monoisotopic (exact) mass is 124 g/mol. The smallest absolute Gasteiger partial charge is 0.0622 e. The van der Waals surface area contributed by atoms with Crippen molar-refractivity contribution in [1.82, 2.24) is 0 Å². The summed E-state index contributed by atoms with van der Waals surface area (Å²) in [6.07, 6.45) is 0. The van der Waals surface area contributed by atoms with Crippen molar-refractivity contribution in [2.45, 2.75) is 6.04 Å². The van der Waals surface area contributed by atoms with Gasteiger partial charge in [0.25, 0.3) is 0 Å². The van der Waals surface area contributed by atoms with Crippen LogP contribution in [0.5, 0.6) is 0 Å². The molecule has 1 aromatic carbocycles. The molecule has 42 valence electrons. The molecule has 1 rings (SSSR count).